The van der Waals surface area contributed by atoms with Gasteiger partial charge < -0.3 is 5.32 Å². The second kappa shape index (κ2) is 7.45. The Hall–Kier alpha value is -2.40. The van der Waals surface area contributed by atoms with Crippen LogP contribution in [0, 0.1) is 6.92 Å². The Labute approximate surface area is 145 Å². The summed E-state index contributed by atoms with van der Waals surface area (Å²) in [5, 5.41) is 4.85. The first kappa shape index (κ1) is 16.5. The van der Waals surface area contributed by atoms with Gasteiger partial charge in [0.2, 0.25) is 5.91 Å². The summed E-state index contributed by atoms with van der Waals surface area (Å²) in [5.74, 6) is 0.296. The number of carbonyl (C=O) groups is 1. The zero-order valence-electron chi connectivity index (χ0n) is 13.7. The summed E-state index contributed by atoms with van der Waals surface area (Å²) < 4.78 is 0. The minimum atomic E-state index is -0.0216. The van der Waals surface area contributed by atoms with E-state index in [2.05, 4.69) is 22.2 Å². The molecule has 1 amide bonds. The van der Waals surface area contributed by atoms with Crippen LogP contribution in [0.25, 0.3) is 10.9 Å². The van der Waals surface area contributed by atoms with E-state index >= 15 is 0 Å². The number of fused-ring (bicyclic) bond motifs is 1. The Kier molecular flexibility index (Phi) is 5.11. The van der Waals surface area contributed by atoms with Crippen LogP contribution in [0.3, 0.4) is 0 Å². The molecule has 0 radical (unpaired) electrons. The van der Waals surface area contributed by atoms with Crippen LogP contribution in [0.5, 0.6) is 0 Å². The molecule has 4 nitrogen and oxygen atoms in total. The van der Waals surface area contributed by atoms with Crippen molar-refractivity contribution in [1.82, 2.24) is 9.97 Å². The van der Waals surface area contributed by atoms with Gasteiger partial charge in [-0.2, -0.15) is 0 Å². The van der Waals surface area contributed by atoms with Gasteiger partial charge in [0.15, 0.2) is 0 Å². The number of para-hydroxylation sites is 2. The van der Waals surface area contributed by atoms with E-state index in [9.17, 15) is 4.79 Å². The molecule has 24 heavy (non-hydrogen) atoms. The van der Waals surface area contributed by atoms with E-state index in [1.165, 1.54) is 11.8 Å². The van der Waals surface area contributed by atoms with Crippen molar-refractivity contribution in [3.05, 3.63) is 59.9 Å². The first-order valence-corrected chi connectivity index (χ1v) is 8.88. The van der Waals surface area contributed by atoms with E-state index in [1.807, 2.05) is 49.4 Å². The largest absolute Gasteiger partial charge is 0.325 e. The Bertz CT molecular complexity index is 874. The van der Waals surface area contributed by atoms with Gasteiger partial charge in [0, 0.05) is 11.1 Å². The summed E-state index contributed by atoms with van der Waals surface area (Å²) in [7, 11) is 0. The molecule has 0 spiro atoms. The van der Waals surface area contributed by atoms with Crippen molar-refractivity contribution in [2.45, 2.75) is 25.3 Å². The van der Waals surface area contributed by atoms with Gasteiger partial charge in [-0.1, -0.05) is 55.1 Å². The Balaban J connectivity index is 1.72. The van der Waals surface area contributed by atoms with Crippen molar-refractivity contribution in [2.75, 3.05) is 11.1 Å². The van der Waals surface area contributed by atoms with E-state index in [0.29, 0.717) is 5.75 Å². The van der Waals surface area contributed by atoms with Crippen molar-refractivity contribution in [3.63, 3.8) is 0 Å². The highest BCUT2D eigenvalue weighted by Crippen LogP contribution is 2.25. The molecule has 0 saturated heterocycles. The van der Waals surface area contributed by atoms with Crippen LogP contribution >= 0.6 is 11.8 Å². The van der Waals surface area contributed by atoms with E-state index in [1.54, 1.807) is 6.33 Å². The predicted octanol–water partition coefficient (Wildman–Crippen LogP) is 4.23. The lowest BCUT2D eigenvalue weighted by Crippen LogP contribution is -2.16. The molecule has 0 atom stereocenters. The lowest BCUT2D eigenvalue weighted by atomic mass is 10.1. The number of aromatic nitrogens is 2. The summed E-state index contributed by atoms with van der Waals surface area (Å²) in [4.78, 5) is 20.9. The van der Waals surface area contributed by atoms with Crippen molar-refractivity contribution in [2.24, 2.45) is 0 Å². The van der Waals surface area contributed by atoms with E-state index in [4.69, 9.17) is 0 Å². The monoisotopic (exact) mass is 337 g/mol. The third-order valence-electron chi connectivity index (χ3n) is 3.85. The number of nitrogens with one attached hydrogen (secondary N) is 1. The number of anilines is 1. The normalized spacial score (nSPS) is 10.8. The summed E-state index contributed by atoms with van der Waals surface area (Å²) >= 11 is 1.43. The summed E-state index contributed by atoms with van der Waals surface area (Å²) in [6.07, 6.45) is 2.43. The van der Waals surface area contributed by atoms with Gasteiger partial charge in [-0.25, -0.2) is 9.97 Å². The van der Waals surface area contributed by atoms with E-state index in [0.717, 1.165) is 39.2 Å². The number of hydrogen-bond donors (Lipinski definition) is 1. The second-order valence-electron chi connectivity index (χ2n) is 5.50. The van der Waals surface area contributed by atoms with Gasteiger partial charge in [-0.15, -0.1) is 0 Å². The van der Waals surface area contributed by atoms with Crippen LogP contribution in [0.1, 0.15) is 18.1 Å². The minimum absolute atomic E-state index is 0.0216. The molecule has 0 aliphatic heterocycles. The number of carbonyl (C=O) groups excluding carboxylic acids is 1. The lowest BCUT2D eigenvalue weighted by Gasteiger charge is -2.13. The third kappa shape index (κ3) is 3.57. The van der Waals surface area contributed by atoms with Crippen molar-refractivity contribution < 1.29 is 4.79 Å². The maximum Gasteiger partial charge on any atom is 0.234 e. The number of hydrogen-bond acceptors (Lipinski definition) is 4. The maximum atomic E-state index is 12.4. The highest BCUT2D eigenvalue weighted by molar-refractivity contribution is 8.00. The van der Waals surface area contributed by atoms with Crippen LogP contribution < -0.4 is 5.32 Å². The molecule has 0 unspecified atom stereocenters. The fourth-order valence-corrected chi connectivity index (χ4v) is 3.40. The van der Waals surface area contributed by atoms with Gasteiger partial charge in [0.25, 0.3) is 0 Å². The molecule has 0 bridgehead atoms. The molecule has 0 aliphatic rings. The molecular formula is C19H19N3OS. The number of benzene rings is 2. The van der Waals surface area contributed by atoms with Crippen LogP contribution in [0.2, 0.25) is 0 Å². The number of amides is 1. The molecule has 3 rings (SSSR count). The molecule has 0 saturated carbocycles. The summed E-state index contributed by atoms with van der Waals surface area (Å²) in [6, 6.07) is 13.9. The number of aryl methyl sites for hydroxylation is 2. The van der Waals surface area contributed by atoms with Crippen LogP contribution in [0.4, 0.5) is 5.69 Å². The molecule has 3 aromatic rings. The van der Waals surface area contributed by atoms with E-state index < -0.39 is 0 Å². The topological polar surface area (TPSA) is 54.9 Å². The first-order chi connectivity index (χ1) is 11.7. The predicted molar refractivity (Wildman–Crippen MR) is 99.4 cm³/mol. The van der Waals surface area contributed by atoms with E-state index in [-0.39, 0.29) is 5.91 Å². The van der Waals surface area contributed by atoms with Gasteiger partial charge in [0.1, 0.15) is 11.4 Å². The highest BCUT2D eigenvalue weighted by atomic mass is 32.2. The van der Waals surface area contributed by atoms with Crippen molar-refractivity contribution >= 4 is 34.3 Å². The van der Waals surface area contributed by atoms with Gasteiger partial charge >= 0.3 is 0 Å². The second-order valence-corrected chi connectivity index (χ2v) is 6.46. The molecule has 1 aromatic heterocycles. The van der Waals surface area contributed by atoms with Gasteiger partial charge in [-0.3, -0.25) is 4.79 Å². The standard InChI is InChI=1S/C19H19N3OS/c1-3-14-8-6-7-13(2)18(14)22-17(23)11-24-19-15-9-4-5-10-16(15)20-12-21-19/h4-10,12H,3,11H2,1-2H3,(H,22,23). The summed E-state index contributed by atoms with van der Waals surface area (Å²) in [5.41, 5.74) is 4.06. The van der Waals surface area contributed by atoms with Gasteiger partial charge in [-0.05, 0) is 30.5 Å². The fraction of sp³-hybridized carbons (Fsp3) is 0.211. The minimum Gasteiger partial charge on any atom is -0.325 e. The van der Waals surface area contributed by atoms with Crippen molar-refractivity contribution in [3.8, 4) is 0 Å². The lowest BCUT2D eigenvalue weighted by molar-refractivity contribution is -0.113. The van der Waals surface area contributed by atoms with Crippen LogP contribution in [0.15, 0.2) is 53.8 Å². The molecule has 0 fully saturated rings. The molecular weight excluding hydrogens is 318 g/mol. The third-order valence-corrected chi connectivity index (χ3v) is 4.86. The van der Waals surface area contributed by atoms with Crippen molar-refractivity contribution in [1.29, 1.82) is 0 Å². The average molecular weight is 337 g/mol. The number of thioether (sulfide) groups is 1. The molecule has 2 aromatic carbocycles. The molecule has 1 heterocycles. The Morgan fingerprint density at radius 3 is 2.79 bits per heavy atom. The fourth-order valence-electron chi connectivity index (χ4n) is 2.61. The molecule has 0 aliphatic carbocycles. The Morgan fingerprint density at radius 1 is 1.12 bits per heavy atom. The molecule has 1 N–H and O–H groups in total. The zero-order chi connectivity index (χ0) is 16.9. The molecule has 5 heteroatoms. The number of rotatable bonds is 5. The average Bonchev–Trinajstić information content (AvgIpc) is 2.61. The quantitative estimate of drug-likeness (QED) is 0.559. The smallest absolute Gasteiger partial charge is 0.234 e. The van der Waals surface area contributed by atoms with Crippen LogP contribution in [-0.2, 0) is 11.2 Å². The Morgan fingerprint density at radius 2 is 1.96 bits per heavy atom. The SMILES string of the molecule is CCc1cccc(C)c1NC(=O)CSc1ncnc2ccccc12. The maximum absolute atomic E-state index is 12.4. The number of nitrogens with zero attached hydrogens (tertiary/aromatic N) is 2. The molecule has 122 valence electrons. The zero-order valence-corrected chi connectivity index (χ0v) is 14.6. The first-order valence-electron chi connectivity index (χ1n) is 7.90. The highest BCUT2D eigenvalue weighted by Gasteiger charge is 2.11. The van der Waals surface area contributed by atoms with Gasteiger partial charge in [0.05, 0.1) is 11.3 Å². The van der Waals surface area contributed by atoms with Crippen LogP contribution in [-0.4, -0.2) is 21.6 Å². The summed E-state index contributed by atoms with van der Waals surface area (Å²) in [6.45, 7) is 4.10.